The van der Waals surface area contributed by atoms with Crippen LogP contribution < -0.4 is 0 Å². The number of rotatable bonds is 2. The Labute approximate surface area is 45.9 Å². The number of hydrogen-bond donors (Lipinski definition) is 0. The third-order valence-corrected chi connectivity index (χ3v) is 0.479. The van der Waals surface area contributed by atoms with Gasteiger partial charge in [0.15, 0.2) is 6.17 Å². The Morgan fingerprint density at radius 2 is 1.62 bits per heavy atom. The van der Waals surface area contributed by atoms with Crippen molar-refractivity contribution in [2.75, 3.05) is 0 Å². The molecule has 0 atom stereocenters. The highest BCUT2D eigenvalue weighted by molar-refractivity contribution is 5.36. The zero-order valence-electron chi connectivity index (χ0n) is 4.29. The lowest BCUT2D eigenvalue weighted by Gasteiger charge is -1.84. The second-order valence-corrected chi connectivity index (χ2v) is 1.07. The van der Waals surface area contributed by atoms with E-state index < -0.39 is 6.17 Å². The van der Waals surface area contributed by atoms with Gasteiger partial charge in [0.25, 0.3) is 0 Å². The normalized spacial score (nSPS) is 10.6. The summed E-state index contributed by atoms with van der Waals surface area (Å²) in [6.07, 6.45) is 1.88. The number of aliphatic imine (C=N–C) groups is 2. The molecule has 0 unspecified atom stereocenters. The quantitative estimate of drug-likeness (QED) is 0.373. The van der Waals surface area contributed by atoms with Crippen LogP contribution in [0.4, 0.5) is 0 Å². The summed E-state index contributed by atoms with van der Waals surface area (Å²) in [4.78, 5) is 25.0. The minimum atomic E-state index is -0.634. The zero-order chi connectivity index (χ0) is 6.41. The topological polar surface area (TPSA) is 58.9 Å². The van der Waals surface area contributed by atoms with Crippen LogP contribution >= 0.6 is 0 Å². The SMILES string of the molecule is CC(N=C=O)N=C=O. The number of hydrogen-bond acceptors (Lipinski definition) is 4. The summed E-state index contributed by atoms with van der Waals surface area (Å²) in [7, 11) is 0. The Hall–Kier alpha value is -1.24. The first-order chi connectivity index (χ1) is 3.81. The van der Waals surface area contributed by atoms with E-state index in [2.05, 4.69) is 9.98 Å². The van der Waals surface area contributed by atoms with Gasteiger partial charge in [-0.2, -0.15) is 9.98 Å². The minimum Gasteiger partial charge on any atom is -0.211 e. The van der Waals surface area contributed by atoms with Gasteiger partial charge in [-0.05, 0) is 6.92 Å². The van der Waals surface area contributed by atoms with Gasteiger partial charge < -0.3 is 0 Å². The molecule has 4 heteroatoms. The van der Waals surface area contributed by atoms with Crippen LogP contribution in [0.15, 0.2) is 9.98 Å². The molecule has 0 radical (unpaired) electrons. The summed E-state index contributed by atoms with van der Waals surface area (Å²) in [6.45, 7) is 1.48. The molecule has 42 valence electrons. The molecule has 0 bridgehead atoms. The molecule has 0 aliphatic rings. The summed E-state index contributed by atoms with van der Waals surface area (Å²) < 4.78 is 0. The zero-order valence-corrected chi connectivity index (χ0v) is 4.29. The number of nitrogens with zero attached hydrogens (tertiary/aromatic N) is 2. The Bertz CT molecular complexity index is 135. The highest BCUT2D eigenvalue weighted by Gasteiger charge is 1.87. The van der Waals surface area contributed by atoms with Crippen LogP contribution in [0, 0.1) is 0 Å². The first-order valence-corrected chi connectivity index (χ1v) is 1.95. The van der Waals surface area contributed by atoms with Crippen molar-refractivity contribution in [1.29, 1.82) is 0 Å². The highest BCUT2D eigenvalue weighted by atomic mass is 16.1. The molecule has 0 aliphatic carbocycles. The first kappa shape index (κ1) is 6.76. The van der Waals surface area contributed by atoms with Crippen molar-refractivity contribution < 1.29 is 9.59 Å². The van der Waals surface area contributed by atoms with Crippen molar-refractivity contribution in [3.05, 3.63) is 0 Å². The Morgan fingerprint density at radius 1 is 1.25 bits per heavy atom. The first-order valence-electron chi connectivity index (χ1n) is 1.95. The average Bonchev–Trinajstić information content (AvgIpc) is 1.68. The monoisotopic (exact) mass is 112 g/mol. The number of isocyanates is 2. The molecule has 4 nitrogen and oxygen atoms in total. The molecule has 0 N–H and O–H groups in total. The molecule has 0 aliphatic heterocycles. The third-order valence-electron chi connectivity index (χ3n) is 0.479. The van der Waals surface area contributed by atoms with Crippen molar-refractivity contribution in [3.8, 4) is 0 Å². The van der Waals surface area contributed by atoms with E-state index in [1.807, 2.05) is 0 Å². The maximum absolute atomic E-state index is 9.41. The van der Waals surface area contributed by atoms with E-state index in [-0.39, 0.29) is 0 Å². The fourth-order valence-corrected chi connectivity index (χ4v) is 0.181. The second kappa shape index (κ2) is 3.93. The third kappa shape index (κ3) is 2.97. The van der Waals surface area contributed by atoms with E-state index in [4.69, 9.17) is 0 Å². The van der Waals surface area contributed by atoms with E-state index in [1.54, 1.807) is 0 Å². The lowest BCUT2D eigenvalue weighted by molar-refractivity contribution is 0.553. The van der Waals surface area contributed by atoms with Gasteiger partial charge >= 0.3 is 0 Å². The summed E-state index contributed by atoms with van der Waals surface area (Å²) in [5, 5.41) is 0. The van der Waals surface area contributed by atoms with Crippen molar-refractivity contribution in [1.82, 2.24) is 0 Å². The van der Waals surface area contributed by atoms with Gasteiger partial charge in [0.1, 0.15) is 0 Å². The second-order valence-electron chi connectivity index (χ2n) is 1.07. The van der Waals surface area contributed by atoms with Gasteiger partial charge in [-0.25, -0.2) is 9.59 Å². The van der Waals surface area contributed by atoms with Crippen LogP contribution in [-0.2, 0) is 9.59 Å². The van der Waals surface area contributed by atoms with Crippen LogP contribution in [-0.4, -0.2) is 18.3 Å². The summed E-state index contributed by atoms with van der Waals surface area (Å²) in [5.41, 5.74) is 0. The summed E-state index contributed by atoms with van der Waals surface area (Å²) in [5.74, 6) is 0. The lowest BCUT2D eigenvalue weighted by Crippen LogP contribution is -1.88. The molecule has 0 fully saturated rings. The maximum Gasteiger partial charge on any atom is 0.237 e. The summed E-state index contributed by atoms with van der Waals surface area (Å²) in [6, 6.07) is 0. The van der Waals surface area contributed by atoms with Crippen molar-refractivity contribution in [2.45, 2.75) is 13.1 Å². The molecule has 0 heterocycles. The van der Waals surface area contributed by atoms with Crippen LogP contribution in [0.3, 0.4) is 0 Å². The van der Waals surface area contributed by atoms with E-state index >= 15 is 0 Å². The number of carbonyl (C=O) groups excluding carboxylic acids is 2. The smallest absolute Gasteiger partial charge is 0.211 e. The van der Waals surface area contributed by atoms with Gasteiger partial charge in [-0.3, -0.25) is 0 Å². The summed E-state index contributed by atoms with van der Waals surface area (Å²) >= 11 is 0. The fraction of sp³-hybridized carbons (Fsp3) is 0.500. The predicted molar refractivity (Wildman–Crippen MR) is 25.7 cm³/mol. The molecule has 0 spiro atoms. The Morgan fingerprint density at radius 3 is 1.88 bits per heavy atom. The molecule has 8 heavy (non-hydrogen) atoms. The largest absolute Gasteiger partial charge is 0.237 e. The van der Waals surface area contributed by atoms with E-state index in [0.29, 0.717) is 0 Å². The molecule has 0 aromatic carbocycles. The van der Waals surface area contributed by atoms with Gasteiger partial charge in [-0.15, -0.1) is 0 Å². The predicted octanol–water partition coefficient (Wildman–Crippen LogP) is 0.00400. The van der Waals surface area contributed by atoms with E-state index in [1.165, 1.54) is 19.1 Å². The molecule has 0 saturated carbocycles. The van der Waals surface area contributed by atoms with Crippen LogP contribution in [0.25, 0.3) is 0 Å². The molecule has 0 aromatic rings. The van der Waals surface area contributed by atoms with Crippen molar-refractivity contribution in [3.63, 3.8) is 0 Å². The van der Waals surface area contributed by atoms with Gasteiger partial charge in [0, 0.05) is 0 Å². The maximum atomic E-state index is 9.41. The van der Waals surface area contributed by atoms with Crippen molar-refractivity contribution in [2.24, 2.45) is 9.98 Å². The molecular formula is C4H4N2O2. The molecule has 0 aromatic heterocycles. The molecular weight excluding hydrogens is 108 g/mol. The van der Waals surface area contributed by atoms with Crippen LogP contribution in [0.2, 0.25) is 0 Å². The fourth-order valence-electron chi connectivity index (χ4n) is 0.181. The van der Waals surface area contributed by atoms with Crippen LogP contribution in [0.5, 0.6) is 0 Å². The highest BCUT2D eigenvalue weighted by Crippen LogP contribution is 1.84. The molecule has 0 saturated heterocycles. The van der Waals surface area contributed by atoms with Gasteiger partial charge in [0.05, 0.1) is 0 Å². The standard InChI is InChI=1S/C4H4N2O2/c1-4(5-2-7)6-3-8/h4H,1H3. The van der Waals surface area contributed by atoms with Crippen molar-refractivity contribution >= 4 is 12.2 Å². The lowest BCUT2D eigenvalue weighted by atomic mass is 10.6. The van der Waals surface area contributed by atoms with E-state index in [9.17, 15) is 9.59 Å². The van der Waals surface area contributed by atoms with Gasteiger partial charge in [0.2, 0.25) is 12.2 Å². The van der Waals surface area contributed by atoms with Gasteiger partial charge in [-0.1, -0.05) is 0 Å². The Balaban J connectivity index is 3.82. The Kier molecular flexibility index (Phi) is 3.32. The molecule has 0 amide bonds. The minimum absolute atomic E-state index is 0.634. The average molecular weight is 112 g/mol. The van der Waals surface area contributed by atoms with E-state index in [0.717, 1.165) is 0 Å². The van der Waals surface area contributed by atoms with Crippen LogP contribution in [0.1, 0.15) is 6.92 Å². The molecule has 0 rings (SSSR count).